The molecule has 0 spiro atoms. The third-order valence-corrected chi connectivity index (χ3v) is 4.72. The van der Waals surface area contributed by atoms with Crippen LogP contribution in [0.3, 0.4) is 0 Å². The lowest BCUT2D eigenvalue weighted by molar-refractivity contribution is -0.135. The van der Waals surface area contributed by atoms with Gasteiger partial charge >= 0.3 is 0 Å². The van der Waals surface area contributed by atoms with Crippen molar-refractivity contribution in [1.29, 1.82) is 0 Å². The Labute approximate surface area is 130 Å². The number of nitrogens with one attached hydrogen (secondary N) is 1. The molecule has 2 fully saturated rings. The molecule has 114 valence electrons. The zero-order valence-corrected chi connectivity index (χ0v) is 13.0. The van der Waals surface area contributed by atoms with E-state index in [4.69, 9.17) is 16.3 Å². The summed E-state index contributed by atoms with van der Waals surface area (Å²) in [6.45, 7) is 1.08. The standard InChI is InChI=1S/C16H21ClN2O2/c1-19(7-8-21-13-4-2-3-11(17)9-13)16(20)14-10-12-5-6-15(14)18-12/h2-4,9,12,14-15,18H,5-8,10H2,1H3. The average Bonchev–Trinajstić information content (AvgIpc) is 3.09. The lowest BCUT2D eigenvalue weighted by Gasteiger charge is -2.25. The van der Waals surface area contributed by atoms with E-state index in [0.29, 0.717) is 30.3 Å². The quantitative estimate of drug-likeness (QED) is 0.907. The lowest BCUT2D eigenvalue weighted by Crippen LogP contribution is -2.40. The Bertz CT molecular complexity index is 523. The molecule has 0 aromatic heterocycles. The molecule has 2 heterocycles. The summed E-state index contributed by atoms with van der Waals surface area (Å²) in [6, 6.07) is 8.26. The molecular weight excluding hydrogens is 288 g/mol. The first-order valence-electron chi connectivity index (χ1n) is 7.53. The van der Waals surface area contributed by atoms with E-state index in [1.54, 1.807) is 11.0 Å². The number of hydrogen-bond acceptors (Lipinski definition) is 3. The van der Waals surface area contributed by atoms with Crippen LogP contribution in [0.15, 0.2) is 24.3 Å². The van der Waals surface area contributed by atoms with Crippen LogP contribution in [0.2, 0.25) is 5.02 Å². The van der Waals surface area contributed by atoms with Gasteiger partial charge in [-0.05, 0) is 37.5 Å². The van der Waals surface area contributed by atoms with Crippen molar-refractivity contribution >= 4 is 17.5 Å². The van der Waals surface area contributed by atoms with Crippen molar-refractivity contribution in [2.45, 2.75) is 31.3 Å². The number of halogens is 1. The number of amides is 1. The third-order valence-electron chi connectivity index (χ3n) is 4.48. The minimum Gasteiger partial charge on any atom is -0.492 e. The molecule has 0 radical (unpaired) electrons. The minimum atomic E-state index is 0.153. The molecule has 4 nitrogen and oxygen atoms in total. The number of carbonyl (C=O) groups excluding carboxylic acids is 1. The van der Waals surface area contributed by atoms with Gasteiger partial charge < -0.3 is 15.0 Å². The van der Waals surface area contributed by atoms with E-state index in [1.807, 2.05) is 25.2 Å². The zero-order chi connectivity index (χ0) is 14.8. The average molecular weight is 309 g/mol. The highest BCUT2D eigenvalue weighted by molar-refractivity contribution is 6.30. The predicted molar refractivity (Wildman–Crippen MR) is 82.6 cm³/mol. The SMILES string of the molecule is CN(CCOc1cccc(Cl)c1)C(=O)C1CC2CCC1N2. The summed E-state index contributed by atoms with van der Waals surface area (Å²) in [6.07, 6.45) is 3.34. The predicted octanol–water partition coefficient (Wildman–Crippen LogP) is 2.32. The van der Waals surface area contributed by atoms with Crippen LogP contribution in [0.25, 0.3) is 0 Å². The number of hydrogen-bond donors (Lipinski definition) is 1. The Balaban J connectivity index is 1.46. The Kier molecular flexibility index (Phi) is 4.36. The molecule has 0 aliphatic carbocycles. The van der Waals surface area contributed by atoms with Crippen molar-refractivity contribution in [2.24, 2.45) is 5.92 Å². The molecule has 0 saturated carbocycles. The van der Waals surface area contributed by atoms with Crippen molar-refractivity contribution < 1.29 is 9.53 Å². The number of ether oxygens (including phenoxy) is 1. The second-order valence-electron chi connectivity index (χ2n) is 5.96. The van der Waals surface area contributed by atoms with Gasteiger partial charge in [0.1, 0.15) is 12.4 Å². The van der Waals surface area contributed by atoms with Crippen LogP contribution in [0.1, 0.15) is 19.3 Å². The maximum Gasteiger partial charge on any atom is 0.227 e. The maximum atomic E-state index is 12.4. The fourth-order valence-corrected chi connectivity index (χ4v) is 3.53. The van der Waals surface area contributed by atoms with Gasteiger partial charge in [0.15, 0.2) is 0 Å². The van der Waals surface area contributed by atoms with Crippen molar-refractivity contribution in [3.8, 4) is 5.75 Å². The number of benzene rings is 1. The summed E-state index contributed by atoms with van der Waals surface area (Å²) in [7, 11) is 1.86. The Morgan fingerprint density at radius 2 is 2.33 bits per heavy atom. The van der Waals surface area contributed by atoms with Crippen molar-refractivity contribution in [3.05, 3.63) is 29.3 Å². The van der Waals surface area contributed by atoms with E-state index < -0.39 is 0 Å². The Morgan fingerprint density at radius 3 is 3.00 bits per heavy atom. The monoisotopic (exact) mass is 308 g/mol. The van der Waals surface area contributed by atoms with Gasteiger partial charge in [-0.3, -0.25) is 4.79 Å². The van der Waals surface area contributed by atoms with Crippen LogP contribution in [-0.4, -0.2) is 43.1 Å². The second kappa shape index (κ2) is 6.24. The highest BCUT2D eigenvalue weighted by atomic mass is 35.5. The summed E-state index contributed by atoms with van der Waals surface area (Å²) < 4.78 is 5.64. The fourth-order valence-electron chi connectivity index (χ4n) is 3.35. The molecule has 3 rings (SSSR count). The number of likely N-dealkylation sites (N-methyl/N-ethyl adjacent to an activating group) is 1. The van der Waals surface area contributed by atoms with Gasteiger partial charge in [-0.15, -0.1) is 0 Å². The Hall–Kier alpha value is -1.26. The number of fused-ring (bicyclic) bond motifs is 2. The summed E-state index contributed by atoms with van der Waals surface area (Å²) in [5.41, 5.74) is 0. The van der Waals surface area contributed by atoms with E-state index in [-0.39, 0.29) is 11.8 Å². The molecule has 5 heteroatoms. The van der Waals surface area contributed by atoms with Crippen LogP contribution in [-0.2, 0) is 4.79 Å². The van der Waals surface area contributed by atoms with Crippen LogP contribution in [0.5, 0.6) is 5.75 Å². The second-order valence-corrected chi connectivity index (χ2v) is 6.39. The zero-order valence-electron chi connectivity index (χ0n) is 12.2. The lowest BCUT2D eigenvalue weighted by atomic mass is 9.88. The van der Waals surface area contributed by atoms with Gasteiger partial charge in [0.2, 0.25) is 5.91 Å². The highest BCUT2D eigenvalue weighted by Gasteiger charge is 2.43. The first kappa shape index (κ1) is 14.7. The van der Waals surface area contributed by atoms with Gasteiger partial charge in [-0.1, -0.05) is 17.7 Å². The summed E-state index contributed by atoms with van der Waals surface area (Å²) >= 11 is 5.91. The van der Waals surface area contributed by atoms with Crippen LogP contribution in [0, 0.1) is 5.92 Å². The molecule has 1 aromatic rings. The number of nitrogens with zero attached hydrogens (tertiary/aromatic N) is 1. The molecule has 3 unspecified atom stereocenters. The largest absolute Gasteiger partial charge is 0.492 e. The maximum absolute atomic E-state index is 12.4. The van der Waals surface area contributed by atoms with Crippen molar-refractivity contribution in [1.82, 2.24) is 10.2 Å². The molecule has 3 atom stereocenters. The van der Waals surface area contributed by atoms with Crippen molar-refractivity contribution in [3.63, 3.8) is 0 Å². The van der Waals surface area contributed by atoms with Gasteiger partial charge in [0, 0.05) is 24.2 Å². The first-order valence-corrected chi connectivity index (χ1v) is 7.90. The Morgan fingerprint density at radius 1 is 1.48 bits per heavy atom. The molecule has 2 aliphatic heterocycles. The highest BCUT2D eigenvalue weighted by Crippen LogP contribution is 2.34. The van der Waals surface area contributed by atoms with Crippen LogP contribution < -0.4 is 10.1 Å². The first-order chi connectivity index (χ1) is 10.1. The number of carbonyl (C=O) groups is 1. The van der Waals surface area contributed by atoms with Gasteiger partial charge in [0.05, 0.1) is 12.5 Å². The minimum absolute atomic E-state index is 0.153. The molecule has 21 heavy (non-hydrogen) atoms. The molecule has 1 N–H and O–H groups in total. The van der Waals surface area contributed by atoms with Crippen LogP contribution >= 0.6 is 11.6 Å². The molecule has 2 saturated heterocycles. The van der Waals surface area contributed by atoms with E-state index >= 15 is 0 Å². The van der Waals surface area contributed by atoms with E-state index in [9.17, 15) is 4.79 Å². The smallest absolute Gasteiger partial charge is 0.227 e. The van der Waals surface area contributed by atoms with Gasteiger partial charge in [0.25, 0.3) is 0 Å². The third kappa shape index (κ3) is 3.33. The molecule has 1 aromatic carbocycles. The summed E-state index contributed by atoms with van der Waals surface area (Å²) in [5, 5.41) is 4.17. The summed E-state index contributed by atoms with van der Waals surface area (Å²) in [4.78, 5) is 14.2. The van der Waals surface area contributed by atoms with E-state index in [2.05, 4.69) is 5.32 Å². The summed E-state index contributed by atoms with van der Waals surface area (Å²) in [5.74, 6) is 1.13. The molecular formula is C16H21ClN2O2. The van der Waals surface area contributed by atoms with Crippen molar-refractivity contribution in [2.75, 3.05) is 20.2 Å². The van der Waals surface area contributed by atoms with Crippen LogP contribution in [0.4, 0.5) is 0 Å². The molecule has 2 aliphatic rings. The molecule has 2 bridgehead atoms. The van der Waals surface area contributed by atoms with E-state index in [0.717, 1.165) is 18.6 Å². The number of rotatable bonds is 5. The molecule has 1 amide bonds. The van der Waals surface area contributed by atoms with E-state index in [1.165, 1.54) is 6.42 Å². The van der Waals surface area contributed by atoms with Gasteiger partial charge in [-0.25, -0.2) is 0 Å². The van der Waals surface area contributed by atoms with Gasteiger partial charge in [-0.2, -0.15) is 0 Å². The topological polar surface area (TPSA) is 41.6 Å². The fraction of sp³-hybridized carbons (Fsp3) is 0.562. The normalized spacial score (nSPS) is 26.9.